The van der Waals surface area contributed by atoms with Crippen molar-refractivity contribution >= 4 is 48.6 Å². The summed E-state index contributed by atoms with van der Waals surface area (Å²) in [5, 5.41) is 9.21. The Morgan fingerprint density at radius 1 is 1.63 bits per heavy atom. The van der Waals surface area contributed by atoms with Gasteiger partial charge in [-0.25, -0.2) is 9.71 Å². The summed E-state index contributed by atoms with van der Waals surface area (Å²) in [6, 6.07) is 0. The van der Waals surface area contributed by atoms with Crippen molar-refractivity contribution in [1.29, 1.82) is 0 Å². The summed E-state index contributed by atoms with van der Waals surface area (Å²) in [7, 11) is -3.74. The third-order valence-electron chi connectivity index (χ3n) is 2.77. The van der Waals surface area contributed by atoms with Gasteiger partial charge >= 0.3 is 16.2 Å². The number of thiazole rings is 1. The number of hydrogen-bond donors (Lipinski definition) is 2. The van der Waals surface area contributed by atoms with Crippen LogP contribution in [0.1, 0.15) is 12.8 Å². The minimum Gasteiger partial charge on any atom is -0.481 e. The Bertz CT molecular complexity index is 574. The average Bonchev–Trinajstić information content (AvgIpc) is 2.74. The van der Waals surface area contributed by atoms with E-state index in [0.717, 1.165) is 15.6 Å². The number of anilines is 1. The Hall–Kier alpha value is -0.710. The number of aromatic nitrogens is 1. The van der Waals surface area contributed by atoms with Gasteiger partial charge in [-0.15, -0.1) is 0 Å². The highest BCUT2D eigenvalue weighted by Crippen LogP contribution is 2.26. The Morgan fingerprint density at radius 2 is 2.37 bits per heavy atom. The Balaban J connectivity index is 2.08. The van der Waals surface area contributed by atoms with Crippen LogP contribution in [0.15, 0.2) is 9.98 Å². The second kappa shape index (κ2) is 5.73. The number of rotatable bonds is 4. The lowest BCUT2D eigenvalue weighted by atomic mass is 10.0. The largest absolute Gasteiger partial charge is 0.481 e. The molecule has 1 aromatic rings. The van der Waals surface area contributed by atoms with E-state index in [1.165, 1.54) is 6.20 Å². The van der Waals surface area contributed by atoms with Crippen LogP contribution in [0.25, 0.3) is 0 Å². The topological polar surface area (TPSA) is 99.6 Å². The molecular weight excluding hydrogens is 358 g/mol. The number of nitrogens with zero attached hydrogens (tertiary/aromatic N) is 2. The van der Waals surface area contributed by atoms with Gasteiger partial charge in [0.25, 0.3) is 0 Å². The molecule has 0 radical (unpaired) electrons. The van der Waals surface area contributed by atoms with Gasteiger partial charge in [0.15, 0.2) is 5.13 Å². The molecule has 1 fully saturated rings. The lowest BCUT2D eigenvalue weighted by Crippen LogP contribution is -2.44. The van der Waals surface area contributed by atoms with Gasteiger partial charge in [-0.2, -0.15) is 12.7 Å². The smallest absolute Gasteiger partial charge is 0.307 e. The summed E-state index contributed by atoms with van der Waals surface area (Å²) in [6.07, 6.45) is 2.54. The van der Waals surface area contributed by atoms with Crippen LogP contribution in [-0.2, 0) is 15.0 Å². The fourth-order valence-electron chi connectivity index (χ4n) is 1.84. The molecule has 0 bridgehead atoms. The Morgan fingerprint density at radius 3 is 2.95 bits per heavy atom. The van der Waals surface area contributed by atoms with Crippen molar-refractivity contribution in [3.63, 3.8) is 0 Å². The van der Waals surface area contributed by atoms with E-state index in [1.54, 1.807) is 0 Å². The zero-order chi connectivity index (χ0) is 14.0. The molecule has 106 valence electrons. The predicted molar refractivity (Wildman–Crippen MR) is 74.3 cm³/mol. The summed E-state index contributed by atoms with van der Waals surface area (Å²) >= 11 is 4.35. The maximum atomic E-state index is 12.1. The molecule has 1 aromatic heterocycles. The number of piperidine rings is 1. The van der Waals surface area contributed by atoms with Gasteiger partial charge < -0.3 is 5.11 Å². The molecule has 0 aliphatic carbocycles. The fourth-order valence-corrected chi connectivity index (χ4v) is 4.43. The van der Waals surface area contributed by atoms with E-state index in [2.05, 4.69) is 25.6 Å². The van der Waals surface area contributed by atoms with E-state index in [0.29, 0.717) is 23.2 Å². The second-order valence-electron chi connectivity index (χ2n) is 4.11. The number of halogens is 1. The summed E-state index contributed by atoms with van der Waals surface area (Å²) in [4.78, 5) is 14.8. The van der Waals surface area contributed by atoms with Gasteiger partial charge in [0, 0.05) is 13.1 Å². The molecule has 10 heteroatoms. The molecule has 0 spiro atoms. The standard InChI is InChI=1S/C9H12BrN3O4S2/c10-7-4-11-9(18-7)12-19(16,17)13-3-1-2-6(5-13)8(14)15/h4,6H,1-3,5H2,(H,11,12)(H,14,15). The van der Waals surface area contributed by atoms with Crippen molar-refractivity contribution in [2.75, 3.05) is 17.8 Å². The normalized spacial score (nSPS) is 21.2. The number of carboxylic acids is 1. The molecule has 2 N–H and O–H groups in total. The quantitative estimate of drug-likeness (QED) is 0.834. The summed E-state index contributed by atoms with van der Waals surface area (Å²) in [6.45, 7) is 0.322. The average molecular weight is 370 g/mol. The van der Waals surface area contributed by atoms with Crippen molar-refractivity contribution in [3.05, 3.63) is 9.98 Å². The molecule has 1 atom stereocenters. The lowest BCUT2D eigenvalue weighted by Gasteiger charge is -2.29. The van der Waals surface area contributed by atoms with Crippen LogP contribution >= 0.6 is 27.3 Å². The van der Waals surface area contributed by atoms with Crippen molar-refractivity contribution in [1.82, 2.24) is 9.29 Å². The molecule has 2 heterocycles. The van der Waals surface area contributed by atoms with Crippen molar-refractivity contribution in [3.8, 4) is 0 Å². The second-order valence-corrected chi connectivity index (χ2v) is 8.19. The van der Waals surface area contributed by atoms with Crippen LogP contribution in [0.2, 0.25) is 0 Å². The third-order valence-corrected chi connectivity index (χ3v) is 5.75. The van der Waals surface area contributed by atoms with Gasteiger partial charge in [0.2, 0.25) is 0 Å². The van der Waals surface area contributed by atoms with E-state index in [-0.39, 0.29) is 11.7 Å². The van der Waals surface area contributed by atoms with Crippen LogP contribution in [0, 0.1) is 5.92 Å². The van der Waals surface area contributed by atoms with E-state index in [1.807, 2.05) is 0 Å². The number of carbonyl (C=O) groups is 1. The number of aliphatic carboxylic acids is 1. The third kappa shape index (κ3) is 3.65. The van der Waals surface area contributed by atoms with Gasteiger partial charge in [-0.3, -0.25) is 4.79 Å². The molecule has 7 nitrogen and oxygen atoms in total. The lowest BCUT2D eigenvalue weighted by molar-refractivity contribution is -0.142. The van der Waals surface area contributed by atoms with Crippen molar-refractivity contribution in [2.24, 2.45) is 5.92 Å². The molecule has 1 unspecified atom stereocenters. The zero-order valence-corrected chi connectivity index (χ0v) is 13.0. The van der Waals surface area contributed by atoms with Crippen LogP contribution in [0.5, 0.6) is 0 Å². The first-order valence-electron chi connectivity index (χ1n) is 5.50. The molecule has 1 aliphatic rings. The van der Waals surface area contributed by atoms with Crippen LogP contribution in [-0.4, -0.2) is 41.9 Å². The minimum atomic E-state index is -3.74. The van der Waals surface area contributed by atoms with Crippen molar-refractivity contribution < 1.29 is 18.3 Å². The minimum absolute atomic E-state index is 0.00277. The highest BCUT2D eigenvalue weighted by atomic mass is 79.9. The van der Waals surface area contributed by atoms with E-state index >= 15 is 0 Å². The first kappa shape index (κ1) is 14.7. The van der Waals surface area contributed by atoms with E-state index < -0.39 is 22.1 Å². The highest BCUT2D eigenvalue weighted by Gasteiger charge is 2.32. The summed E-state index contributed by atoms with van der Waals surface area (Å²) in [5.74, 6) is -1.61. The van der Waals surface area contributed by atoms with E-state index in [9.17, 15) is 13.2 Å². The fraction of sp³-hybridized carbons (Fsp3) is 0.556. The molecular formula is C9H12BrN3O4S2. The number of nitrogens with one attached hydrogen (secondary N) is 1. The van der Waals surface area contributed by atoms with Crippen LogP contribution < -0.4 is 4.72 Å². The summed E-state index contributed by atoms with van der Waals surface area (Å²) < 4.78 is 28.4. The van der Waals surface area contributed by atoms with Crippen LogP contribution in [0.3, 0.4) is 0 Å². The monoisotopic (exact) mass is 369 g/mol. The predicted octanol–water partition coefficient (Wildman–Crippen LogP) is 1.36. The maximum Gasteiger partial charge on any atom is 0.307 e. The zero-order valence-electron chi connectivity index (χ0n) is 9.74. The first-order valence-corrected chi connectivity index (χ1v) is 8.55. The van der Waals surface area contributed by atoms with E-state index in [4.69, 9.17) is 5.11 Å². The highest BCUT2D eigenvalue weighted by molar-refractivity contribution is 9.11. The van der Waals surface area contributed by atoms with Crippen molar-refractivity contribution in [2.45, 2.75) is 12.8 Å². The molecule has 1 saturated heterocycles. The SMILES string of the molecule is O=C(O)C1CCCN(S(=O)(=O)Nc2ncc(Br)s2)C1. The Kier molecular flexibility index (Phi) is 4.43. The van der Waals surface area contributed by atoms with Gasteiger partial charge in [-0.1, -0.05) is 11.3 Å². The molecule has 0 amide bonds. The van der Waals surface area contributed by atoms with Gasteiger partial charge in [-0.05, 0) is 28.8 Å². The van der Waals surface area contributed by atoms with Gasteiger partial charge in [0.05, 0.1) is 15.9 Å². The molecule has 2 rings (SSSR count). The first-order chi connectivity index (χ1) is 8.88. The van der Waals surface area contributed by atoms with Gasteiger partial charge in [0.1, 0.15) is 0 Å². The molecule has 1 aliphatic heterocycles. The molecule has 0 aromatic carbocycles. The number of carboxylic acid groups (broad SMARTS) is 1. The van der Waals surface area contributed by atoms with Crippen LogP contribution in [0.4, 0.5) is 5.13 Å². The Labute approximate surface area is 123 Å². The molecule has 19 heavy (non-hydrogen) atoms. The molecule has 0 saturated carbocycles. The number of hydrogen-bond acceptors (Lipinski definition) is 5. The maximum absolute atomic E-state index is 12.1. The summed E-state index contributed by atoms with van der Waals surface area (Å²) in [5.41, 5.74) is 0.